The van der Waals surface area contributed by atoms with Crippen LogP contribution in [-0.2, 0) is 0 Å². The fourth-order valence-corrected chi connectivity index (χ4v) is 1.77. The van der Waals surface area contributed by atoms with E-state index < -0.39 is 17.7 Å². The van der Waals surface area contributed by atoms with Crippen LogP contribution in [0.3, 0.4) is 0 Å². The van der Waals surface area contributed by atoms with Crippen LogP contribution < -0.4 is 10.1 Å². The van der Waals surface area contributed by atoms with Crippen molar-refractivity contribution in [2.24, 2.45) is 0 Å². The molecule has 1 N–H and O–H groups in total. The van der Waals surface area contributed by atoms with E-state index in [2.05, 4.69) is 5.32 Å². The van der Waals surface area contributed by atoms with Crippen molar-refractivity contribution in [2.75, 3.05) is 12.4 Å². The Bertz CT molecular complexity index is 635. The van der Waals surface area contributed by atoms with E-state index in [0.29, 0.717) is 11.4 Å². The van der Waals surface area contributed by atoms with Crippen LogP contribution in [0.15, 0.2) is 42.5 Å². The van der Waals surface area contributed by atoms with Crippen molar-refractivity contribution < 1.29 is 13.5 Å². The summed E-state index contributed by atoms with van der Waals surface area (Å²) in [4.78, 5) is 0. The fraction of sp³-hybridized carbons (Fsp3) is 0.133. The van der Waals surface area contributed by atoms with Gasteiger partial charge in [-0.15, -0.1) is 0 Å². The van der Waals surface area contributed by atoms with Gasteiger partial charge in [-0.3, -0.25) is 0 Å². The number of halogens is 2. The Morgan fingerprint density at radius 3 is 2.45 bits per heavy atom. The summed E-state index contributed by atoms with van der Waals surface area (Å²) in [6, 6.07) is 10.8. The first kappa shape index (κ1) is 13.8. The molecule has 5 heteroatoms. The lowest BCUT2D eigenvalue weighted by Gasteiger charge is -2.14. The summed E-state index contributed by atoms with van der Waals surface area (Å²) >= 11 is 0. The van der Waals surface area contributed by atoms with E-state index in [-0.39, 0.29) is 5.56 Å². The fourth-order valence-electron chi connectivity index (χ4n) is 1.77. The summed E-state index contributed by atoms with van der Waals surface area (Å²) < 4.78 is 31.8. The van der Waals surface area contributed by atoms with Gasteiger partial charge in [0.15, 0.2) is 0 Å². The topological polar surface area (TPSA) is 45.0 Å². The molecule has 1 atom stereocenters. The third-order valence-corrected chi connectivity index (χ3v) is 2.80. The lowest BCUT2D eigenvalue weighted by Crippen LogP contribution is -2.10. The average Bonchev–Trinajstić information content (AvgIpc) is 2.48. The van der Waals surface area contributed by atoms with Crippen molar-refractivity contribution >= 4 is 5.69 Å². The Labute approximate surface area is 115 Å². The number of rotatable bonds is 4. The van der Waals surface area contributed by atoms with E-state index in [4.69, 9.17) is 10.00 Å². The van der Waals surface area contributed by atoms with Crippen molar-refractivity contribution in [3.63, 3.8) is 0 Å². The minimum atomic E-state index is -0.973. The largest absolute Gasteiger partial charge is 0.497 e. The zero-order valence-corrected chi connectivity index (χ0v) is 10.7. The highest BCUT2D eigenvalue weighted by atomic mass is 19.1. The first-order chi connectivity index (χ1) is 9.63. The number of hydrogen-bond acceptors (Lipinski definition) is 3. The molecule has 0 spiro atoms. The molecule has 0 saturated heterocycles. The number of nitrogens with one attached hydrogen (secondary N) is 1. The molecule has 0 aliphatic rings. The normalized spacial score (nSPS) is 11.5. The number of methoxy groups -OCH3 is 1. The van der Waals surface area contributed by atoms with Crippen LogP contribution in [0.1, 0.15) is 11.6 Å². The Morgan fingerprint density at radius 2 is 1.85 bits per heavy atom. The van der Waals surface area contributed by atoms with Gasteiger partial charge in [0.2, 0.25) is 0 Å². The molecule has 2 aromatic carbocycles. The highest BCUT2D eigenvalue weighted by molar-refractivity contribution is 5.50. The molecular formula is C15H12F2N2O. The molecule has 20 heavy (non-hydrogen) atoms. The van der Waals surface area contributed by atoms with E-state index in [9.17, 15) is 8.78 Å². The van der Waals surface area contributed by atoms with Gasteiger partial charge in [-0.2, -0.15) is 5.26 Å². The molecule has 0 aliphatic heterocycles. The number of ether oxygens (including phenoxy) is 1. The summed E-state index contributed by atoms with van der Waals surface area (Å²) in [5.41, 5.74) is 0.587. The van der Waals surface area contributed by atoms with E-state index >= 15 is 0 Å². The molecule has 1 unspecified atom stereocenters. The van der Waals surface area contributed by atoms with Crippen molar-refractivity contribution in [3.05, 3.63) is 59.7 Å². The average molecular weight is 274 g/mol. The number of benzene rings is 2. The van der Waals surface area contributed by atoms with Gasteiger partial charge in [-0.05, 0) is 42.5 Å². The first-order valence-electron chi connectivity index (χ1n) is 5.89. The summed E-state index contributed by atoms with van der Waals surface area (Å²) in [6.45, 7) is 0. The zero-order valence-electron chi connectivity index (χ0n) is 10.7. The standard InChI is InChI=1S/C15H12F2N2O/c1-20-12-5-3-11(4-6-12)19-15(9-18)13-8-10(16)2-7-14(13)17/h2-8,15,19H,1H3. The second-order valence-corrected chi connectivity index (χ2v) is 4.10. The van der Waals surface area contributed by atoms with Gasteiger partial charge in [0.1, 0.15) is 23.4 Å². The smallest absolute Gasteiger partial charge is 0.143 e. The maximum absolute atomic E-state index is 13.7. The minimum absolute atomic E-state index is 0.0247. The van der Waals surface area contributed by atoms with Crippen LogP contribution in [0.5, 0.6) is 5.75 Å². The quantitative estimate of drug-likeness (QED) is 0.925. The number of nitrogens with zero attached hydrogens (tertiary/aromatic N) is 1. The Hall–Kier alpha value is -2.61. The number of anilines is 1. The third kappa shape index (κ3) is 3.04. The van der Waals surface area contributed by atoms with Gasteiger partial charge in [-0.25, -0.2) is 8.78 Å². The van der Waals surface area contributed by atoms with Crippen molar-refractivity contribution in [1.29, 1.82) is 5.26 Å². The summed E-state index contributed by atoms with van der Waals surface area (Å²) in [7, 11) is 1.54. The van der Waals surface area contributed by atoms with Crippen LogP contribution >= 0.6 is 0 Å². The maximum Gasteiger partial charge on any atom is 0.143 e. The molecular weight excluding hydrogens is 262 g/mol. The Morgan fingerprint density at radius 1 is 1.15 bits per heavy atom. The molecule has 0 radical (unpaired) electrons. The molecule has 0 bridgehead atoms. The van der Waals surface area contributed by atoms with Crippen LogP contribution in [0.25, 0.3) is 0 Å². The van der Waals surface area contributed by atoms with E-state index in [1.165, 1.54) is 0 Å². The van der Waals surface area contributed by atoms with Gasteiger partial charge in [0.05, 0.1) is 13.2 Å². The van der Waals surface area contributed by atoms with E-state index in [0.717, 1.165) is 18.2 Å². The summed E-state index contributed by atoms with van der Waals surface area (Å²) in [5.74, 6) is -0.543. The summed E-state index contributed by atoms with van der Waals surface area (Å²) in [5, 5.41) is 12.0. The van der Waals surface area contributed by atoms with Gasteiger partial charge >= 0.3 is 0 Å². The third-order valence-electron chi connectivity index (χ3n) is 2.80. The van der Waals surface area contributed by atoms with Crippen LogP contribution in [0.4, 0.5) is 14.5 Å². The SMILES string of the molecule is COc1ccc(NC(C#N)c2cc(F)ccc2F)cc1. The van der Waals surface area contributed by atoms with Crippen LogP contribution in [-0.4, -0.2) is 7.11 Å². The van der Waals surface area contributed by atoms with E-state index in [1.54, 1.807) is 31.4 Å². The molecule has 0 saturated carbocycles. The number of hydrogen-bond donors (Lipinski definition) is 1. The molecule has 2 aromatic rings. The minimum Gasteiger partial charge on any atom is -0.497 e. The van der Waals surface area contributed by atoms with Gasteiger partial charge in [0, 0.05) is 11.3 Å². The van der Waals surface area contributed by atoms with Crippen molar-refractivity contribution in [1.82, 2.24) is 0 Å². The van der Waals surface area contributed by atoms with E-state index in [1.807, 2.05) is 6.07 Å². The predicted octanol–water partition coefficient (Wildman–Crippen LogP) is 3.65. The van der Waals surface area contributed by atoms with Gasteiger partial charge < -0.3 is 10.1 Å². The van der Waals surface area contributed by atoms with Crippen molar-refractivity contribution in [2.45, 2.75) is 6.04 Å². The van der Waals surface area contributed by atoms with Gasteiger partial charge in [0.25, 0.3) is 0 Å². The highest BCUT2D eigenvalue weighted by Gasteiger charge is 2.16. The predicted molar refractivity (Wildman–Crippen MR) is 71.3 cm³/mol. The zero-order chi connectivity index (χ0) is 14.5. The molecule has 0 aliphatic carbocycles. The Kier molecular flexibility index (Phi) is 4.16. The monoisotopic (exact) mass is 274 g/mol. The highest BCUT2D eigenvalue weighted by Crippen LogP contribution is 2.23. The molecule has 102 valence electrons. The molecule has 0 heterocycles. The lowest BCUT2D eigenvalue weighted by molar-refractivity contribution is 0.415. The van der Waals surface area contributed by atoms with Crippen LogP contribution in [0.2, 0.25) is 0 Å². The summed E-state index contributed by atoms with van der Waals surface area (Å²) in [6.07, 6.45) is 0. The first-order valence-corrected chi connectivity index (χ1v) is 5.89. The van der Waals surface area contributed by atoms with Gasteiger partial charge in [-0.1, -0.05) is 0 Å². The second-order valence-electron chi connectivity index (χ2n) is 4.10. The number of nitriles is 1. The molecule has 3 nitrogen and oxygen atoms in total. The maximum atomic E-state index is 13.7. The second kappa shape index (κ2) is 6.02. The Balaban J connectivity index is 2.24. The molecule has 0 amide bonds. The molecule has 2 rings (SSSR count). The van der Waals surface area contributed by atoms with Crippen LogP contribution in [0, 0.1) is 23.0 Å². The molecule has 0 aromatic heterocycles. The lowest BCUT2D eigenvalue weighted by atomic mass is 10.1. The van der Waals surface area contributed by atoms with Crippen molar-refractivity contribution in [3.8, 4) is 11.8 Å². The molecule has 0 fully saturated rings.